The Labute approximate surface area is 104 Å². The fourth-order valence-corrected chi connectivity index (χ4v) is 0.805. The van der Waals surface area contributed by atoms with Gasteiger partial charge in [0.25, 0.3) is 0 Å². The van der Waals surface area contributed by atoms with Crippen molar-refractivity contribution in [1.29, 1.82) is 0 Å². The first-order chi connectivity index (χ1) is 8.28. The molecule has 0 aliphatic rings. The Bertz CT molecular complexity index is 379. The highest BCUT2D eigenvalue weighted by Gasteiger charge is 2.38. The minimum atomic E-state index is -2.27. The smallest absolute Gasteiger partial charge is 0.336 e. The standard InChI is InChI=1S/C12H14O6/c1-8(2)10(15)17-12(7-14,5-6-13)18-11(16)9(3)4/h6-7H,1,3,5H2,2,4H3. The summed E-state index contributed by atoms with van der Waals surface area (Å²) < 4.78 is 9.38. The van der Waals surface area contributed by atoms with E-state index in [0.717, 1.165) is 0 Å². The first-order valence-electron chi connectivity index (χ1n) is 4.95. The lowest BCUT2D eigenvalue weighted by molar-refractivity contribution is -0.215. The highest BCUT2D eigenvalue weighted by molar-refractivity contribution is 5.92. The molecular weight excluding hydrogens is 240 g/mol. The van der Waals surface area contributed by atoms with Crippen LogP contribution in [0.4, 0.5) is 0 Å². The highest BCUT2D eigenvalue weighted by Crippen LogP contribution is 2.18. The van der Waals surface area contributed by atoms with E-state index in [9.17, 15) is 19.2 Å². The van der Waals surface area contributed by atoms with Crippen molar-refractivity contribution in [3.63, 3.8) is 0 Å². The Morgan fingerprint density at radius 2 is 1.44 bits per heavy atom. The third-order valence-corrected chi connectivity index (χ3v) is 1.78. The molecule has 0 aromatic heterocycles. The molecule has 0 amide bonds. The lowest BCUT2D eigenvalue weighted by atomic mass is 10.2. The van der Waals surface area contributed by atoms with Crippen LogP contribution < -0.4 is 0 Å². The summed E-state index contributed by atoms with van der Waals surface area (Å²) in [5.41, 5.74) is -0.00278. The predicted octanol–water partition coefficient (Wildman–Crippen LogP) is 0.709. The molecule has 0 aromatic rings. The third-order valence-electron chi connectivity index (χ3n) is 1.78. The summed E-state index contributed by atoms with van der Waals surface area (Å²) in [4.78, 5) is 44.1. The first kappa shape index (κ1) is 15.8. The van der Waals surface area contributed by atoms with Crippen LogP contribution in [0.25, 0.3) is 0 Å². The number of esters is 2. The molecule has 0 atom stereocenters. The van der Waals surface area contributed by atoms with E-state index in [1.165, 1.54) is 13.8 Å². The van der Waals surface area contributed by atoms with Crippen LogP contribution in [0.15, 0.2) is 24.3 Å². The summed E-state index contributed by atoms with van der Waals surface area (Å²) in [6.07, 6.45) is -0.233. The number of hydrogen-bond donors (Lipinski definition) is 0. The van der Waals surface area contributed by atoms with Crippen LogP contribution in [0, 0.1) is 0 Å². The highest BCUT2D eigenvalue weighted by atomic mass is 16.7. The van der Waals surface area contributed by atoms with Crippen LogP contribution in [0.2, 0.25) is 0 Å². The summed E-state index contributed by atoms with van der Waals surface area (Å²) in [6.45, 7) is 9.32. The summed E-state index contributed by atoms with van der Waals surface area (Å²) in [5, 5.41) is 0. The van der Waals surface area contributed by atoms with Crippen LogP contribution in [-0.2, 0) is 28.7 Å². The monoisotopic (exact) mass is 254 g/mol. The molecule has 98 valence electrons. The van der Waals surface area contributed by atoms with E-state index in [2.05, 4.69) is 22.6 Å². The number of aldehydes is 2. The Morgan fingerprint density at radius 3 is 1.67 bits per heavy atom. The van der Waals surface area contributed by atoms with E-state index >= 15 is 0 Å². The molecule has 0 aromatic carbocycles. The minimum absolute atomic E-state index is 0.00139. The van der Waals surface area contributed by atoms with E-state index in [0.29, 0.717) is 6.29 Å². The summed E-state index contributed by atoms with van der Waals surface area (Å²) >= 11 is 0. The SMILES string of the molecule is C=C(C)C(=O)OC(C=O)(CC=O)OC(=O)C(=C)C. The van der Waals surface area contributed by atoms with Gasteiger partial charge in [-0.05, 0) is 13.8 Å². The molecule has 6 heteroatoms. The summed E-state index contributed by atoms with van der Waals surface area (Å²) in [5.74, 6) is -4.16. The lowest BCUT2D eigenvalue weighted by Crippen LogP contribution is -2.42. The molecule has 0 spiro atoms. The molecule has 0 heterocycles. The average Bonchev–Trinajstić information content (AvgIpc) is 2.28. The molecule has 0 rings (SSSR count). The van der Waals surface area contributed by atoms with E-state index in [1.807, 2.05) is 0 Å². The molecule has 0 saturated heterocycles. The van der Waals surface area contributed by atoms with E-state index in [1.54, 1.807) is 0 Å². The van der Waals surface area contributed by atoms with Crippen molar-refractivity contribution in [2.24, 2.45) is 0 Å². The molecule has 0 aliphatic carbocycles. The molecule has 0 unspecified atom stereocenters. The molecule has 0 radical (unpaired) electrons. The van der Waals surface area contributed by atoms with Gasteiger partial charge < -0.3 is 14.3 Å². The van der Waals surface area contributed by atoms with Gasteiger partial charge in [-0.15, -0.1) is 0 Å². The van der Waals surface area contributed by atoms with Crippen LogP contribution in [-0.4, -0.2) is 30.3 Å². The fourth-order valence-electron chi connectivity index (χ4n) is 0.805. The van der Waals surface area contributed by atoms with Crippen molar-refractivity contribution in [2.45, 2.75) is 26.1 Å². The van der Waals surface area contributed by atoms with Gasteiger partial charge in [-0.1, -0.05) is 13.2 Å². The molecule has 0 N–H and O–H groups in total. The Balaban J connectivity index is 5.15. The van der Waals surface area contributed by atoms with E-state index in [-0.39, 0.29) is 17.4 Å². The number of ether oxygens (including phenoxy) is 2. The van der Waals surface area contributed by atoms with Crippen molar-refractivity contribution in [3.8, 4) is 0 Å². The maximum absolute atomic E-state index is 11.3. The number of carbonyl (C=O) groups excluding carboxylic acids is 4. The quantitative estimate of drug-likeness (QED) is 0.288. The normalized spacial score (nSPS) is 10.1. The number of rotatable bonds is 7. The van der Waals surface area contributed by atoms with Crippen molar-refractivity contribution in [3.05, 3.63) is 24.3 Å². The number of carbonyl (C=O) groups is 4. The van der Waals surface area contributed by atoms with Gasteiger partial charge in [-0.3, -0.25) is 4.79 Å². The van der Waals surface area contributed by atoms with Gasteiger partial charge in [0.05, 0.1) is 6.42 Å². The van der Waals surface area contributed by atoms with Crippen LogP contribution >= 0.6 is 0 Å². The molecule has 18 heavy (non-hydrogen) atoms. The average molecular weight is 254 g/mol. The van der Waals surface area contributed by atoms with Crippen LogP contribution in [0.1, 0.15) is 20.3 Å². The van der Waals surface area contributed by atoms with Gasteiger partial charge in [0.1, 0.15) is 6.29 Å². The maximum atomic E-state index is 11.3. The lowest BCUT2D eigenvalue weighted by Gasteiger charge is -2.25. The van der Waals surface area contributed by atoms with Crippen LogP contribution in [0.3, 0.4) is 0 Å². The molecule has 0 bridgehead atoms. The van der Waals surface area contributed by atoms with Gasteiger partial charge in [0.15, 0.2) is 0 Å². The first-order valence-corrected chi connectivity index (χ1v) is 4.95. The second kappa shape index (κ2) is 6.48. The molecule has 0 fully saturated rings. The molecule has 6 nitrogen and oxygen atoms in total. The third kappa shape index (κ3) is 4.32. The Morgan fingerprint density at radius 1 is 1.06 bits per heavy atom. The Kier molecular flexibility index (Phi) is 5.68. The zero-order valence-corrected chi connectivity index (χ0v) is 10.2. The second-order valence-electron chi connectivity index (χ2n) is 3.64. The largest absolute Gasteiger partial charge is 0.411 e. The van der Waals surface area contributed by atoms with Crippen molar-refractivity contribution >= 4 is 24.5 Å². The van der Waals surface area contributed by atoms with Gasteiger partial charge in [-0.2, -0.15) is 0 Å². The fraction of sp³-hybridized carbons (Fsp3) is 0.333. The van der Waals surface area contributed by atoms with Gasteiger partial charge >= 0.3 is 17.7 Å². The van der Waals surface area contributed by atoms with E-state index < -0.39 is 24.1 Å². The zero-order chi connectivity index (χ0) is 14.3. The maximum Gasteiger partial charge on any atom is 0.336 e. The zero-order valence-electron chi connectivity index (χ0n) is 10.2. The van der Waals surface area contributed by atoms with Crippen molar-refractivity contribution < 1.29 is 28.7 Å². The van der Waals surface area contributed by atoms with Crippen molar-refractivity contribution in [2.75, 3.05) is 0 Å². The van der Waals surface area contributed by atoms with Crippen LogP contribution in [0.5, 0.6) is 0 Å². The van der Waals surface area contributed by atoms with Gasteiger partial charge in [0.2, 0.25) is 6.29 Å². The molecular formula is C12H14O6. The second-order valence-corrected chi connectivity index (χ2v) is 3.64. The Hall–Kier alpha value is -2.24. The predicted molar refractivity (Wildman–Crippen MR) is 61.3 cm³/mol. The topological polar surface area (TPSA) is 86.7 Å². The molecule has 0 aliphatic heterocycles. The number of hydrogen-bond acceptors (Lipinski definition) is 6. The minimum Gasteiger partial charge on any atom is -0.411 e. The summed E-state index contributed by atoms with van der Waals surface area (Å²) in [6, 6.07) is 0. The van der Waals surface area contributed by atoms with Gasteiger partial charge in [0, 0.05) is 11.1 Å². The molecule has 0 saturated carbocycles. The van der Waals surface area contributed by atoms with E-state index in [4.69, 9.17) is 0 Å². The van der Waals surface area contributed by atoms with Crippen molar-refractivity contribution in [1.82, 2.24) is 0 Å². The summed E-state index contributed by atoms with van der Waals surface area (Å²) in [7, 11) is 0. The van der Waals surface area contributed by atoms with Gasteiger partial charge in [-0.25, -0.2) is 9.59 Å².